The lowest BCUT2D eigenvalue weighted by atomic mass is 9.88. The largest absolute Gasteiger partial charge is 0.493 e. The Labute approximate surface area is 266 Å². The Hall–Kier alpha value is -5.31. The number of carbonyl (C=O) groups excluding carboxylic acids is 3. The number of benzene rings is 3. The van der Waals surface area contributed by atoms with E-state index in [0.29, 0.717) is 60.6 Å². The average Bonchev–Trinajstić information content (AvgIpc) is 3.60. The number of fused-ring (bicyclic) bond motifs is 2. The van der Waals surface area contributed by atoms with E-state index < -0.39 is 11.5 Å². The molecule has 4 aromatic rings. The van der Waals surface area contributed by atoms with E-state index in [-0.39, 0.29) is 30.2 Å². The third-order valence-corrected chi connectivity index (χ3v) is 8.95. The number of ketones is 2. The number of hydrogen-bond donors (Lipinski definition) is 0. The van der Waals surface area contributed by atoms with Crippen molar-refractivity contribution in [2.45, 2.75) is 32.6 Å². The van der Waals surface area contributed by atoms with Crippen LogP contribution in [0.1, 0.15) is 29.5 Å². The Morgan fingerprint density at radius 1 is 0.848 bits per heavy atom. The molecule has 46 heavy (non-hydrogen) atoms. The second kappa shape index (κ2) is 11.9. The van der Waals surface area contributed by atoms with Crippen molar-refractivity contribution < 1.29 is 28.6 Å². The monoisotopic (exact) mass is 615 g/mol. The van der Waals surface area contributed by atoms with Gasteiger partial charge in [-0.2, -0.15) is 0 Å². The number of nitrogens with zero attached hydrogens (tertiary/aromatic N) is 3. The van der Waals surface area contributed by atoms with Crippen LogP contribution < -0.4 is 14.2 Å². The van der Waals surface area contributed by atoms with Gasteiger partial charge in [0.1, 0.15) is 11.5 Å². The van der Waals surface area contributed by atoms with E-state index in [0.717, 1.165) is 28.0 Å². The molecule has 0 atom stereocenters. The fourth-order valence-corrected chi connectivity index (χ4v) is 6.04. The Morgan fingerprint density at radius 2 is 1.54 bits per heavy atom. The molecule has 0 N–H and O–H groups in total. The third-order valence-electron chi connectivity index (χ3n) is 8.95. The molecule has 0 radical (unpaired) electrons. The number of aryl methyl sites for hydroxylation is 1. The van der Waals surface area contributed by atoms with Gasteiger partial charge >= 0.3 is 6.09 Å². The summed E-state index contributed by atoms with van der Waals surface area (Å²) in [5, 5.41) is 0.677. The minimum Gasteiger partial charge on any atom is -0.493 e. The van der Waals surface area contributed by atoms with E-state index in [2.05, 4.69) is 9.98 Å². The summed E-state index contributed by atoms with van der Waals surface area (Å²) in [5.74, 6) is 1.73. The van der Waals surface area contributed by atoms with Gasteiger partial charge in [-0.15, -0.1) is 0 Å². The number of rotatable bonds is 10. The van der Waals surface area contributed by atoms with Gasteiger partial charge in [-0.05, 0) is 60.7 Å². The van der Waals surface area contributed by atoms with E-state index in [1.165, 1.54) is 7.11 Å². The Balaban J connectivity index is 1.02. The number of aromatic nitrogens is 1. The molecule has 9 nitrogen and oxygen atoms in total. The number of ether oxygens (including phenoxy) is 3. The van der Waals surface area contributed by atoms with Crippen LogP contribution in [0.4, 0.5) is 4.79 Å². The molecule has 0 unspecified atom stereocenters. The smallest absolute Gasteiger partial charge is 0.416 e. The summed E-state index contributed by atoms with van der Waals surface area (Å²) in [7, 11) is 1.51. The predicted octanol–water partition coefficient (Wildman–Crippen LogP) is 6.24. The standard InChI is InChI=1S/C37H33N3O6/c1-23-3-5-24(6-4-23)17-34(41)37(13-14-37)35(42)18-25-7-9-27(10-8-25)45-31-12-16-38-29-20-33(32(44-2)19-28(29)31)46-36(43)40-21-26-11-15-39-30(26)22-40/h3-12,16,19-20H,13-15,17-18,21-22H2,1-2H3. The summed E-state index contributed by atoms with van der Waals surface area (Å²) in [4.78, 5) is 49.8. The molecule has 1 aliphatic carbocycles. The van der Waals surface area contributed by atoms with Crippen LogP contribution in [0.5, 0.6) is 23.0 Å². The maximum Gasteiger partial charge on any atom is 0.416 e. The third kappa shape index (κ3) is 5.76. The van der Waals surface area contributed by atoms with E-state index in [1.54, 1.807) is 41.4 Å². The molecule has 1 saturated heterocycles. The van der Waals surface area contributed by atoms with E-state index >= 15 is 0 Å². The van der Waals surface area contributed by atoms with Crippen LogP contribution in [-0.2, 0) is 22.4 Å². The molecule has 232 valence electrons. The predicted molar refractivity (Wildman–Crippen MR) is 173 cm³/mol. The first-order chi connectivity index (χ1) is 22.3. The van der Waals surface area contributed by atoms with E-state index in [9.17, 15) is 14.4 Å². The molecule has 2 fully saturated rings. The first kappa shape index (κ1) is 29.4. The highest BCUT2D eigenvalue weighted by atomic mass is 16.6. The average molecular weight is 616 g/mol. The number of amides is 1. The van der Waals surface area contributed by atoms with Crippen LogP contribution in [0.15, 0.2) is 89.6 Å². The van der Waals surface area contributed by atoms with Gasteiger partial charge in [0.2, 0.25) is 0 Å². The van der Waals surface area contributed by atoms with Crippen LogP contribution in [-0.4, -0.2) is 60.0 Å². The fourth-order valence-electron chi connectivity index (χ4n) is 6.04. The fraction of sp³-hybridized carbons (Fsp3) is 0.270. The van der Waals surface area contributed by atoms with Gasteiger partial charge in [-0.25, -0.2) is 4.79 Å². The number of Topliss-reactive ketones (excluding diaryl/α,β-unsaturated/α-hetero) is 2. The minimum absolute atomic E-state index is 0.00480. The molecule has 9 heteroatoms. The number of likely N-dealkylation sites (tertiary alicyclic amines) is 1. The summed E-state index contributed by atoms with van der Waals surface area (Å²) >= 11 is 0. The second-order valence-corrected chi connectivity index (χ2v) is 12.1. The molecule has 0 spiro atoms. The van der Waals surface area contributed by atoms with Gasteiger partial charge in [0.25, 0.3) is 0 Å². The van der Waals surface area contributed by atoms with Crippen molar-refractivity contribution in [2.24, 2.45) is 10.4 Å². The summed E-state index contributed by atoms with van der Waals surface area (Å²) in [5.41, 5.74) is 4.61. The van der Waals surface area contributed by atoms with Crippen LogP contribution >= 0.6 is 0 Å². The second-order valence-electron chi connectivity index (χ2n) is 12.1. The van der Waals surface area contributed by atoms with Gasteiger partial charge in [0.15, 0.2) is 23.1 Å². The first-order valence-electron chi connectivity index (χ1n) is 15.4. The lowest BCUT2D eigenvalue weighted by molar-refractivity contribution is -0.133. The quantitative estimate of drug-likeness (QED) is 0.194. The maximum atomic E-state index is 13.3. The van der Waals surface area contributed by atoms with E-state index in [1.807, 2.05) is 49.4 Å². The van der Waals surface area contributed by atoms with Gasteiger partial charge in [0.05, 0.1) is 43.4 Å². The van der Waals surface area contributed by atoms with Gasteiger partial charge < -0.3 is 14.2 Å². The molecule has 3 heterocycles. The molecule has 0 bridgehead atoms. The molecule has 1 aromatic heterocycles. The summed E-state index contributed by atoms with van der Waals surface area (Å²) in [6, 6.07) is 20.3. The van der Waals surface area contributed by atoms with Crippen molar-refractivity contribution in [3.63, 3.8) is 0 Å². The summed E-state index contributed by atoms with van der Waals surface area (Å²) < 4.78 is 17.5. The minimum atomic E-state index is -0.859. The van der Waals surface area contributed by atoms with Crippen LogP contribution in [0.2, 0.25) is 0 Å². The molecular formula is C37H33N3O6. The highest BCUT2D eigenvalue weighted by Gasteiger charge is 2.54. The number of methoxy groups -OCH3 is 1. The highest BCUT2D eigenvalue weighted by Crippen LogP contribution is 2.49. The summed E-state index contributed by atoms with van der Waals surface area (Å²) in [6.07, 6.45) is 4.87. The molecule has 2 aliphatic heterocycles. The number of carbonyl (C=O) groups is 3. The van der Waals surface area contributed by atoms with Crippen molar-refractivity contribution in [2.75, 3.05) is 26.7 Å². The van der Waals surface area contributed by atoms with Gasteiger partial charge in [-0.3, -0.25) is 24.5 Å². The number of aliphatic imine (C=N–C) groups is 1. The zero-order valence-electron chi connectivity index (χ0n) is 25.7. The normalized spacial score (nSPS) is 16.0. The summed E-state index contributed by atoms with van der Waals surface area (Å²) in [6.45, 7) is 3.58. The maximum absolute atomic E-state index is 13.3. The molecule has 7 rings (SSSR count). The van der Waals surface area contributed by atoms with Crippen molar-refractivity contribution in [3.8, 4) is 23.0 Å². The van der Waals surface area contributed by atoms with Crippen LogP contribution in [0.3, 0.4) is 0 Å². The van der Waals surface area contributed by atoms with Crippen molar-refractivity contribution >= 4 is 34.3 Å². The van der Waals surface area contributed by atoms with Crippen molar-refractivity contribution in [3.05, 3.63) is 101 Å². The molecule has 1 amide bonds. The lowest BCUT2D eigenvalue weighted by Crippen LogP contribution is -2.31. The topological polar surface area (TPSA) is 107 Å². The SMILES string of the molecule is COc1cc2c(Oc3ccc(CC(=O)C4(C(=O)Cc5ccc(C)cc5)CC4)cc3)ccnc2cc1OC(=O)N1CC2=CCN=C2C1. The van der Waals surface area contributed by atoms with Crippen LogP contribution in [0, 0.1) is 12.3 Å². The van der Waals surface area contributed by atoms with E-state index in [4.69, 9.17) is 14.2 Å². The molecule has 3 aliphatic rings. The molecule has 1 saturated carbocycles. The molecular weight excluding hydrogens is 582 g/mol. The Kier molecular flexibility index (Phi) is 7.60. The van der Waals surface area contributed by atoms with Gasteiger partial charge in [-0.1, -0.05) is 48.0 Å². The zero-order chi connectivity index (χ0) is 31.8. The zero-order valence-corrected chi connectivity index (χ0v) is 25.7. The van der Waals surface area contributed by atoms with Gasteiger partial charge in [0, 0.05) is 30.5 Å². The van der Waals surface area contributed by atoms with Crippen LogP contribution in [0.25, 0.3) is 10.9 Å². The first-order valence-corrected chi connectivity index (χ1v) is 15.4. The van der Waals surface area contributed by atoms with Crippen molar-refractivity contribution in [1.82, 2.24) is 9.88 Å². The lowest BCUT2D eigenvalue weighted by Gasteiger charge is -2.17. The van der Waals surface area contributed by atoms with Crippen molar-refractivity contribution in [1.29, 1.82) is 0 Å². The highest BCUT2D eigenvalue weighted by molar-refractivity contribution is 6.11. The number of hydrogen-bond acceptors (Lipinski definition) is 8. The molecule has 3 aromatic carbocycles. The Morgan fingerprint density at radius 3 is 2.20 bits per heavy atom. The Bertz CT molecular complexity index is 1900. The number of pyridine rings is 1.